The Morgan fingerprint density at radius 2 is 1.29 bits per heavy atom. The molecule has 2 aliphatic rings. The van der Waals surface area contributed by atoms with Gasteiger partial charge < -0.3 is 30.0 Å². The van der Waals surface area contributed by atoms with Gasteiger partial charge >= 0.3 is 11.9 Å². The number of carboxylic acid groups (broad SMARTS) is 2. The Morgan fingerprint density at radius 1 is 0.756 bits per heavy atom. The van der Waals surface area contributed by atoms with Crippen molar-refractivity contribution in [1.82, 2.24) is 19.9 Å². The van der Waals surface area contributed by atoms with Crippen molar-refractivity contribution < 1.29 is 29.6 Å². The predicted molar refractivity (Wildman–Crippen MR) is 175 cm³/mol. The quantitative estimate of drug-likeness (QED) is 0.177. The van der Waals surface area contributed by atoms with Gasteiger partial charge in [-0.25, -0.2) is 9.97 Å². The molecule has 2 atom stereocenters. The van der Waals surface area contributed by atoms with Gasteiger partial charge in [0.2, 0.25) is 0 Å². The zero-order chi connectivity index (χ0) is 32.7. The number of allylic oxidation sites excluding steroid dienone is 3. The number of H-pyrrole nitrogens is 2. The second-order valence-corrected chi connectivity index (χ2v) is 11.9. The Kier molecular flexibility index (Phi) is 8.82. The van der Waals surface area contributed by atoms with Crippen LogP contribution < -0.4 is 0 Å². The molecule has 0 saturated carbocycles. The number of aromatic amines is 2. The van der Waals surface area contributed by atoms with Crippen molar-refractivity contribution in [3.8, 4) is 0 Å². The van der Waals surface area contributed by atoms with E-state index in [1.807, 2.05) is 58.9 Å². The van der Waals surface area contributed by atoms with E-state index < -0.39 is 18.0 Å². The van der Waals surface area contributed by atoms with Gasteiger partial charge in [-0.1, -0.05) is 0 Å². The first-order valence-corrected chi connectivity index (χ1v) is 15.1. The summed E-state index contributed by atoms with van der Waals surface area (Å²) < 4.78 is 5.75. The lowest BCUT2D eigenvalue weighted by Crippen LogP contribution is -2.07. The summed E-state index contributed by atoms with van der Waals surface area (Å²) in [6, 6.07) is 7.74. The maximum Gasteiger partial charge on any atom is 0.303 e. The Morgan fingerprint density at radius 3 is 1.93 bits per heavy atom. The number of nitrogens with one attached hydrogen (secondary N) is 2. The summed E-state index contributed by atoms with van der Waals surface area (Å²) >= 11 is 0. The van der Waals surface area contributed by atoms with Crippen molar-refractivity contribution in [2.24, 2.45) is 0 Å². The van der Waals surface area contributed by atoms with E-state index in [4.69, 9.17) is 14.7 Å². The highest BCUT2D eigenvalue weighted by Gasteiger charge is 2.24. The lowest BCUT2D eigenvalue weighted by atomic mass is 9.99. The number of carbonyl (C=O) groups is 2. The largest absolute Gasteiger partial charge is 0.481 e. The van der Waals surface area contributed by atoms with Gasteiger partial charge in [0, 0.05) is 53.2 Å². The van der Waals surface area contributed by atoms with Crippen LogP contribution in [0.1, 0.15) is 98.1 Å². The lowest BCUT2D eigenvalue weighted by Gasteiger charge is -2.12. The average Bonchev–Trinajstić information content (AvgIpc) is 3.63. The first-order chi connectivity index (χ1) is 21.3. The van der Waals surface area contributed by atoms with Crippen LogP contribution in [0.25, 0.3) is 44.4 Å². The van der Waals surface area contributed by atoms with Crippen LogP contribution in [-0.2, 0) is 20.7 Å². The van der Waals surface area contributed by atoms with Crippen molar-refractivity contribution in [2.45, 2.75) is 79.4 Å². The summed E-state index contributed by atoms with van der Waals surface area (Å²) in [6.45, 7) is 11.6. The van der Waals surface area contributed by atoms with E-state index >= 15 is 0 Å². The van der Waals surface area contributed by atoms with E-state index in [0.29, 0.717) is 17.8 Å². The van der Waals surface area contributed by atoms with Crippen molar-refractivity contribution in [2.75, 3.05) is 7.11 Å². The zero-order valence-electron chi connectivity index (χ0n) is 26.8. The van der Waals surface area contributed by atoms with Crippen LogP contribution in [0.2, 0.25) is 0 Å². The molecule has 2 unspecified atom stereocenters. The van der Waals surface area contributed by atoms with Crippen LogP contribution in [0.4, 0.5) is 0 Å². The Hall–Kier alpha value is -4.54. The molecule has 0 amide bonds. The first kappa shape index (κ1) is 31.9. The summed E-state index contributed by atoms with van der Waals surface area (Å²) in [7, 11) is 1.66. The fraction of sp³-hybridized carbons (Fsp3) is 0.371. The molecule has 10 nitrogen and oxygen atoms in total. The average molecular weight is 613 g/mol. The molecule has 0 aromatic carbocycles. The molecule has 0 fully saturated rings. The maximum absolute atomic E-state index is 11.6. The topological polar surface area (TPSA) is 161 Å². The number of fused-ring (bicyclic) bond motifs is 8. The van der Waals surface area contributed by atoms with Crippen LogP contribution in [0.15, 0.2) is 24.3 Å². The SMILES string of the molecule is COC(C)C1=C(C)c2cc3[nH]c(cc4nc(cc5[nH]c(cc1n2)c(C)c5CCC(=O)O)C(CCC(=O)O)=C4C)c(C)c3C(C)O. The second kappa shape index (κ2) is 12.5. The van der Waals surface area contributed by atoms with Gasteiger partial charge in [0.1, 0.15) is 0 Å². The molecule has 45 heavy (non-hydrogen) atoms. The van der Waals surface area contributed by atoms with Crippen LogP contribution in [0, 0.1) is 13.8 Å². The number of carboxylic acids is 2. The number of hydrogen-bond acceptors (Lipinski definition) is 6. The summed E-state index contributed by atoms with van der Waals surface area (Å²) in [6.07, 6.45) is -0.508. The number of nitrogens with zero attached hydrogens (tertiary/aromatic N) is 2. The molecule has 236 valence electrons. The van der Waals surface area contributed by atoms with Gasteiger partial charge in [-0.3, -0.25) is 9.59 Å². The Labute approximate surface area is 261 Å². The highest BCUT2D eigenvalue weighted by atomic mass is 16.5. The minimum Gasteiger partial charge on any atom is -0.481 e. The van der Waals surface area contributed by atoms with Gasteiger partial charge in [-0.05, 0) is 112 Å². The molecule has 5 heterocycles. The predicted octanol–water partition coefficient (Wildman–Crippen LogP) is 6.76. The summed E-state index contributed by atoms with van der Waals surface area (Å²) in [5.74, 6) is -1.80. The van der Waals surface area contributed by atoms with Crippen molar-refractivity contribution in [3.63, 3.8) is 0 Å². The first-order valence-electron chi connectivity index (χ1n) is 15.1. The monoisotopic (exact) mass is 612 g/mol. The van der Waals surface area contributed by atoms with Gasteiger partial charge in [0.25, 0.3) is 0 Å². The number of ether oxygens (including phenoxy) is 1. The van der Waals surface area contributed by atoms with Gasteiger partial charge in [-0.2, -0.15) is 0 Å². The summed E-state index contributed by atoms with van der Waals surface area (Å²) in [5.41, 5.74) is 12.8. The molecule has 0 spiro atoms. The van der Waals surface area contributed by atoms with Crippen LogP contribution in [-0.4, -0.2) is 60.4 Å². The number of aryl methyl sites for hydroxylation is 3. The Bertz CT molecular complexity index is 1940. The van der Waals surface area contributed by atoms with E-state index in [1.165, 1.54) is 0 Å². The minimum absolute atomic E-state index is 0.0457. The minimum atomic E-state index is -0.903. The third-order valence-corrected chi connectivity index (χ3v) is 8.99. The van der Waals surface area contributed by atoms with Gasteiger partial charge in [0.05, 0.1) is 35.0 Å². The molecule has 3 aromatic rings. The molecule has 0 aliphatic carbocycles. The number of aliphatic hydroxyl groups is 1. The molecular formula is C35H40N4O6. The van der Waals surface area contributed by atoms with Crippen molar-refractivity contribution in [3.05, 3.63) is 69.3 Å². The smallest absolute Gasteiger partial charge is 0.303 e. The van der Waals surface area contributed by atoms with E-state index in [1.54, 1.807) is 14.0 Å². The molecule has 0 radical (unpaired) electrons. The van der Waals surface area contributed by atoms with E-state index in [0.717, 1.165) is 78.0 Å². The zero-order valence-corrected chi connectivity index (χ0v) is 26.8. The Balaban J connectivity index is 1.95. The van der Waals surface area contributed by atoms with Gasteiger partial charge in [-0.15, -0.1) is 0 Å². The van der Waals surface area contributed by atoms with Crippen LogP contribution >= 0.6 is 0 Å². The molecule has 2 aliphatic heterocycles. The molecule has 8 bridgehead atoms. The molecule has 0 saturated heterocycles. The molecular weight excluding hydrogens is 572 g/mol. The normalized spacial score (nSPS) is 14.7. The van der Waals surface area contributed by atoms with E-state index in [9.17, 15) is 24.9 Å². The number of methoxy groups -OCH3 is 1. The second-order valence-electron chi connectivity index (χ2n) is 11.9. The van der Waals surface area contributed by atoms with Crippen molar-refractivity contribution >= 4 is 56.3 Å². The van der Waals surface area contributed by atoms with Gasteiger partial charge in [0.15, 0.2) is 0 Å². The van der Waals surface area contributed by atoms with Crippen molar-refractivity contribution in [1.29, 1.82) is 0 Å². The number of aromatic nitrogens is 4. The number of hydrogen-bond donors (Lipinski definition) is 5. The molecule has 3 aromatic heterocycles. The molecule has 5 N–H and O–H groups in total. The number of rotatable bonds is 9. The number of aliphatic hydroxyl groups excluding tert-OH is 1. The van der Waals surface area contributed by atoms with E-state index in [2.05, 4.69) is 9.97 Å². The molecule has 5 rings (SSSR count). The standard InChI is InChI=1S/C35H40N4O6/c1-16-22(8-10-32(41)42)28-15-29-23(9-11-33(43)44)17(2)25(37-29)13-31-35(21(6)45-7)19(4)27(39-31)14-30-34(20(5)40)18(3)26(38-30)12-24(16)36-28/h12-15,20-21,37-38,40H,8-11H2,1-7H3,(H,41,42)(H,43,44). The highest BCUT2D eigenvalue weighted by molar-refractivity contribution is 5.96. The molecule has 10 heteroatoms. The lowest BCUT2D eigenvalue weighted by molar-refractivity contribution is -0.137. The number of aliphatic carboxylic acids is 2. The van der Waals surface area contributed by atoms with E-state index in [-0.39, 0.29) is 25.4 Å². The fourth-order valence-electron chi connectivity index (χ4n) is 6.42. The maximum atomic E-state index is 11.6. The van der Waals surface area contributed by atoms with Crippen LogP contribution in [0.3, 0.4) is 0 Å². The summed E-state index contributed by atoms with van der Waals surface area (Å²) in [4.78, 5) is 40.2. The fourth-order valence-corrected chi connectivity index (χ4v) is 6.42. The summed E-state index contributed by atoms with van der Waals surface area (Å²) in [5, 5.41) is 29.8. The van der Waals surface area contributed by atoms with Crippen LogP contribution in [0.5, 0.6) is 0 Å². The third-order valence-electron chi connectivity index (χ3n) is 8.99. The highest BCUT2D eigenvalue weighted by Crippen LogP contribution is 2.38. The third kappa shape index (κ3) is 6.08.